The average molecular weight is 239 g/mol. The number of rotatable bonds is 2. The first kappa shape index (κ1) is 11.9. The van der Waals surface area contributed by atoms with Crippen molar-refractivity contribution in [2.24, 2.45) is 11.7 Å². The molecule has 0 radical (unpaired) electrons. The van der Waals surface area contributed by atoms with E-state index in [2.05, 4.69) is 5.32 Å². The number of primary amides is 1. The third kappa shape index (κ3) is 1.77. The number of hydrogen-bond donors (Lipinski definition) is 2. The number of amides is 4. The zero-order valence-corrected chi connectivity index (χ0v) is 9.86. The third-order valence-corrected chi connectivity index (χ3v) is 3.82. The summed E-state index contributed by atoms with van der Waals surface area (Å²) in [5.41, 5.74) is 4.24. The SMILES string of the molecule is C[C@H]1CCCC[C@@]12NC(=O)N(CC(N)=O)C2=O. The van der Waals surface area contributed by atoms with Crippen LogP contribution in [0.15, 0.2) is 0 Å². The molecule has 1 heterocycles. The van der Waals surface area contributed by atoms with E-state index in [9.17, 15) is 14.4 Å². The Hall–Kier alpha value is -1.59. The summed E-state index contributed by atoms with van der Waals surface area (Å²) < 4.78 is 0. The molecular weight excluding hydrogens is 222 g/mol. The maximum atomic E-state index is 12.3. The molecule has 2 aliphatic rings. The molecule has 94 valence electrons. The van der Waals surface area contributed by atoms with E-state index in [0.29, 0.717) is 6.42 Å². The lowest BCUT2D eigenvalue weighted by Crippen LogP contribution is -2.54. The molecule has 0 unspecified atom stereocenters. The second-order valence-corrected chi connectivity index (χ2v) is 4.91. The van der Waals surface area contributed by atoms with E-state index in [1.165, 1.54) is 0 Å². The van der Waals surface area contributed by atoms with Crippen LogP contribution in [-0.4, -0.2) is 34.8 Å². The Labute approximate surface area is 99.5 Å². The van der Waals surface area contributed by atoms with Crippen LogP contribution in [0.3, 0.4) is 0 Å². The van der Waals surface area contributed by atoms with Crippen LogP contribution in [-0.2, 0) is 9.59 Å². The van der Waals surface area contributed by atoms with Crippen molar-refractivity contribution in [1.82, 2.24) is 10.2 Å². The molecule has 1 saturated heterocycles. The lowest BCUT2D eigenvalue weighted by molar-refractivity contribution is -0.136. The van der Waals surface area contributed by atoms with E-state index in [1.54, 1.807) is 0 Å². The molecule has 2 rings (SSSR count). The smallest absolute Gasteiger partial charge is 0.325 e. The zero-order valence-electron chi connectivity index (χ0n) is 9.86. The van der Waals surface area contributed by atoms with Gasteiger partial charge in [0.25, 0.3) is 5.91 Å². The lowest BCUT2D eigenvalue weighted by atomic mass is 9.73. The summed E-state index contributed by atoms with van der Waals surface area (Å²) in [5.74, 6) is -0.868. The fourth-order valence-corrected chi connectivity index (χ4v) is 2.79. The second kappa shape index (κ2) is 4.01. The van der Waals surface area contributed by atoms with Gasteiger partial charge < -0.3 is 11.1 Å². The molecule has 1 saturated carbocycles. The number of hydrogen-bond acceptors (Lipinski definition) is 3. The van der Waals surface area contributed by atoms with Crippen molar-refractivity contribution in [3.8, 4) is 0 Å². The van der Waals surface area contributed by atoms with Crippen molar-refractivity contribution in [2.75, 3.05) is 6.54 Å². The van der Waals surface area contributed by atoms with Crippen LogP contribution in [0.5, 0.6) is 0 Å². The second-order valence-electron chi connectivity index (χ2n) is 4.91. The van der Waals surface area contributed by atoms with Crippen LogP contribution in [0.4, 0.5) is 4.79 Å². The summed E-state index contributed by atoms with van der Waals surface area (Å²) in [6.07, 6.45) is 3.55. The minimum Gasteiger partial charge on any atom is -0.368 e. The van der Waals surface area contributed by atoms with Crippen molar-refractivity contribution in [3.05, 3.63) is 0 Å². The fourth-order valence-electron chi connectivity index (χ4n) is 2.79. The van der Waals surface area contributed by atoms with E-state index in [-0.39, 0.29) is 18.4 Å². The number of nitrogens with two attached hydrogens (primary N) is 1. The van der Waals surface area contributed by atoms with Gasteiger partial charge in [-0.15, -0.1) is 0 Å². The molecule has 0 aromatic carbocycles. The van der Waals surface area contributed by atoms with Gasteiger partial charge in [0.15, 0.2) is 0 Å². The first-order valence-electron chi connectivity index (χ1n) is 5.90. The van der Waals surface area contributed by atoms with Crippen molar-refractivity contribution in [2.45, 2.75) is 38.1 Å². The molecule has 0 aromatic heterocycles. The van der Waals surface area contributed by atoms with Crippen LogP contribution in [0, 0.1) is 5.92 Å². The molecule has 0 aromatic rings. The predicted octanol–water partition coefficient (Wildman–Crippen LogP) is -0.0276. The first-order chi connectivity index (χ1) is 7.97. The predicted molar refractivity (Wildman–Crippen MR) is 59.8 cm³/mol. The van der Waals surface area contributed by atoms with Gasteiger partial charge >= 0.3 is 6.03 Å². The molecule has 4 amide bonds. The molecule has 0 bridgehead atoms. The molecule has 6 heteroatoms. The van der Waals surface area contributed by atoms with E-state index in [4.69, 9.17) is 5.73 Å². The number of nitrogens with one attached hydrogen (secondary N) is 1. The van der Waals surface area contributed by atoms with Crippen molar-refractivity contribution in [1.29, 1.82) is 0 Å². The molecule has 2 fully saturated rings. The fraction of sp³-hybridized carbons (Fsp3) is 0.727. The quantitative estimate of drug-likeness (QED) is 0.663. The van der Waals surface area contributed by atoms with Gasteiger partial charge in [0.2, 0.25) is 5.91 Å². The average Bonchev–Trinajstić information content (AvgIpc) is 2.48. The summed E-state index contributed by atoms with van der Waals surface area (Å²) in [6.45, 7) is 1.63. The van der Waals surface area contributed by atoms with E-state index in [1.807, 2.05) is 6.92 Å². The minimum absolute atomic E-state index is 0.102. The molecule has 1 aliphatic heterocycles. The standard InChI is InChI=1S/C11H17N3O3/c1-7-4-2-3-5-11(7)9(16)14(6-8(12)15)10(17)13-11/h7H,2-6H2,1H3,(H2,12,15)(H,13,17)/t7-,11+/m0/s1. The normalized spacial score (nSPS) is 33.0. The van der Waals surface area contributed by atoms with Gasteiger partial charge in [-0.2, -0.15) is 0 Å². The highest BCUT2D eigenvalue weighted by atomic mass is 16.2. The van der Waals surface area contributed by atoms with Gasteiger partial charge in [0.05, 0.1) is 0 Å². The van der Waals surface area contributed by atoms with Crippen LogP contribution in [0.1, 0.15) is 32.6 Å². The summed E-state index contributed by atoms with van der Waals surface area (Å²) in [4.78, 5) is 35.8. The van der Waals surface area contributed by atoms with Gasteiger partial charge in [0.1, 0.15) is 12.1 Å². The molecule has 6 nitrogen and oxygen atoms in total. The summed E-state index contributed by atoms with van der Waals surface area (Å²) in [6, 6.07) is -0.498. The Morgan fingerprint density at radius 1 is 1.53 bits per heavy atom. The first-order valence-corrected chi connectivity index (χ1v) is 5.90. The Morgan fingerprint density at radius 3 is 2.82 bits per heavy atom. The summed E-state index contributed by atoms with van der Waals surface area (Å²) >= 11 is 0. The van der Waals surface area contributed by atoms with Gasteiger partial charge in [-0.25, -0.2) is 4.79 Å². The van der Waals surface area contributed by atoms with Crippen molar-refractivity contribution in [3.63, 3.8) is 0 Å². The summed E-state index contributed by atoms with van der Waals surface area (Å²) in [5, 5.41) is 2.75. The summed E-state index contributed by atoms with van der Waals surface area (Å²) in [7, 11) is 0. The largest absolute Gasteiger partial charge is 0.368 e. The van der Waals surface area contributed by atoms with E-state index < -0.39 is 17.5 Å². The number of carbonyl (C=O) groups is 3. The maximum Gasteiger partial charge on any atom is 0.325 e. The Bertz CT molecular complexity index is 382. The van der Waals surface area contributed by atoms with Crippen LogP contribution in [0.2, 0.25) is 0 Å². The van der Waals surface area contributed by atoms with Gasteiger partial charge in [-0.05, 0) is 18.8 Å². The number of carbonyl (C=O) groups excluding carboxylic acids is 3. The number of imide groups is 1. The highest BCUT2D eigenvalue weighted by Gasteiger charge is 2.54. The van der Waals surface area contributed by atoms with Crippen LogP contribution < -0.4 is 11.1 Å². The molecule has 1 aliphatic carbocycles. The van der Waals surface area contributed by atoms with Crippen LogP contribution >= 0.6 is 0 Å². The molecule has 1 spiro atoms. The number of nitrogens with zero attached hydrogens (tertiary/aromatic N) is 1. The highest BCUT2D eigenvalue weighted by Crippen LogP contribution is 2.37. The van der Waals surface area contributed by atoms with Gasteiger partial charge in [0, 0.05) is 0 Å². The van der Waals surface area contributed by atoms with Gasteiger partial charge in [-0.3, -0.25) is 14.5 Å². The van der Waals surface area contributed by atoms with Crippen LogP contribution in [0.25, 0.3) is 0 Å². The van der Waals surface area contributed by atoms with Gasteiger partial charge in [-0.1, -0.05) is 19.8 Å². The molecule has 2 atom stereocenters. The Balaban J connectivity index is 2.24. The van der Waals surface area contributed by atoms with Crippen molar-refractivity contribution >= 4 is 17.8 Å². The van der Waals surface area contributed by atoms with Crippen molar-refractivity contribution < 1.29 is 14.4 Å². The monoisotopic (exact) mass is 239 g/mol. The zero-order chi connectivity index (χ0) is 12.6. The van der Waals surface area contributed by atoms with E-state index in [0.717, 1.165) is 24.2 Å². The van der Waals surface area contributed by atoms with E-state index >= 15 is 0 Å². The molecular formula is C11H17N3O3. The lowest BCUT2D eigenvalue weighted by Gasteiger charge is -2.36. The Kier molecular flexibility index (Phi) is 2.81. The molecule has 17 heavy (non-hydrogen) atoms. The molecule has 3 N–H and O–H groups in total. The maximum absolute atomic E-state index is 12.3. The topological polar surface area (TPSA) is 92.5 Å². The minimum atomic E-state index is -0.801. The Morgan fingerprint density at radius 2 is 2.24 bits per heavy atom. The highest BCUT2D eigenvalue weighted by molar-refractivity contribution is 6.09. The third-order valence-electron chi connectivity index (χ3n) is 3.82. The number of urea groups is 1.